The van der Waals surface area contributed by atoms with Crippen LogP contribution in [0.25, 0.3) is 0 Å². The summed E-state index contributed by atoms with van der Waals surface area (Å²) in [5, 5.41) is 17.8. The topological polar surface area (TPSA) is 47.3 Å². The van der Waals surface area contributed by atoms with Gasteiger partial charge in [-0.15, -0.1) is 0 Å². The van der Waals surface area contributed by atoms with Crippen LogP contribution in [0.15, 0.2) is 18.2 Å². The summed E-state index contributed by atoms with van der Waals surface area (Å²) in [4.78, 5) is 1.81. The SMILES string of the molecule is CC(C)(C)CN(CCCO)c1ccc(C#N)c(C(F)(F)F)c1. The molecule has 0 saturated carbocycles. The highest BCUT2D eigenvalue weighted by atomic mass is 19.4. The van der Waals surface area contributed by atoms with Gasteiger partial charge in [-0.3, -0.25) is 0 Å². The lowest BCUT2D eigenvalue weighted by Crippen LogP contribution is -2.34. The van der Waals surface area contributed by atoms with Crippen LogP contribution in [0.5, 0.6) is 0 Å². The number of halogens is 3. The Bertz CT molecular complexity index is 542. The average Bonchev–Trinajstić information content (AvgIpc) is 2.40. The molecule has 0 fully saturated rings. The van der Waals surface area contributed by atoms with E-state index in [9.17, 15) is 13.2 Å². The number of nitriles is 1. The van der Waals surface area contributed by atoms with Crippen molar-refractivity contribution in [2.45, 2.75) is 33.4 Å². The van der Waals surface area contributed by atoms with Crippen LogP contribution in [0.4, 0.5) is 18.9 Å². The molecule has 0 saturated heterocycles. The standard InChI is InChI=1S/C16H21F3N2O/c1-15(2,3)11-21(7-4-8-22)13-6-5-12(10-20)14(9-13)16(17,18)19/h5-6,9,22H,4,7-8,11H2,1-3H3. The van der Waals surface area contributed by atoms with Crippen LogP contribution in [0, 0.1) is 16.7 Å². The van der Waals surface area contributed by atoms with E-state index in [1.165, 1.54) is 12.1 Å². The maximum atomic E-state index is 13.1. The molecule has 0 amide bonds. The van der Waals surface area contributed by atoms with E-state index in [1.54, 1.807) is 6.07 Å². The van der Waals surface area contributed by atoms with Gasteiger partial charge in [0.25, 0.3) is 0 Å². The van der Waals surface area contributed by atoms with Crippen LogP contribution in [0.2, 0.25) is 0 Å². The quantitative estimate of drug-likeness (QED) is 0.899. The van der Waals surface area contributed by atoms with Gasteiger partial charge in [-0.2, -0.15) is 18.4 Å². The summed E-state index contributed by atoms with van der Waals surface area (Å²) in [7, 11) is 0. The summed E-state index contributed by atoms with van der Waals surface area (Å²) in [5.74, 6) is 0. The number of benzene rings is 1. The summed E-state index contributed by atoms with van der Waals surface area (Å²) < 4.78 is 39.2. The summed E-state index contributed by atoms with van der Waals surface area (Å²) >= 11 is 0. The zero-order valence-electron chi connectivity index (χ0n) is 13.0. The molecule has 0 aliphatic rings. The van der Waals surface area contributed by atoms with E-state index in [2.05, 4.69) is 0 Å². The van der Waals surface area contributed by atoms with Crippen molar-refractivity contribution in [2.24, 2.45) is 5.41 Å². The lowest BCUT2D eigenvalue weighted by Gasteiger charge is -2.32. The molecule has 1 aromatic rings. The predicted octanol–water partition coefficient (Wildman–Crippen LogP) is 3.81. The highest BCUT2D eigenvalue weighted by Crippen LogP contribution is 2.35. The molecular formula is C16H21F3N2O. The number of anilines is 1. The van der Waals surface area contributed by atoms with Gasteiger partial charge in [-0.1, -0.05) is 20.8 Å². The zero-order valence-corrected chi connectivity index (χ0v) is 13.0. The first-order valence-electron chi connectivity index (χ1n) is 7.05. The largest absolute Gasteiger partial charge is 0.417 e. The molecule has 0 radical (unpaired) electrons. The summed E-state index contributed by atoms with van der Waals surface area (Å²) in [6.07, 6.45) is -4.09. The third-order valence-corrected chi connectivity index (χ3v) is 3.05. The third-order valence-electron chi connectivity index (χ3n) is 3.05. The smallest absolute Gasteiger partial charge is 0.396 e. The molecular weight excluding hydrogens is 293 g/mol. The maximum absolute atomic E-state index is 13.1. The number of hydrogen-bond donors (Lipinski definition) is 1. The second kappa shape index (κ2) is 7.01. The minimum Gasteiger partial charge on any atom is -0.396 e. The van der Waals surface area contributed by atoms with Crippen molar-refractivity contribution in [3.05, 3.63) is 29.3 Å². The van der Waals surface area contributed by atoms with Crippen LogP contribution in [0.3, 0.4) is 0 Å². The van der Waals surface area contributed by atoms with E-state index in [0.29, 0.717) is 25.2 Å². The summed E-state index contributed by atoms with van der Waals surface area (Å²) in [6, 6.07) is 5.32. The third kappa shape index (κ3) is 5.23. The van der Waals surface area contributed by atoms with Crippen LogP contribution < -0.4 is 4.90 Å². The molecule has 3 nitrogen and oxygen atoms in total. The molecule has 0 aromatic heterocycles. The van der Waals surface area contributed by atoms with Crippen LogP contribution in [-0.2, 0) is 6.18 Å². The Labute approximate surface area is 129 Å². The van der Waals surface area contributed by atoms with Crippen molar-refractivity contribution in [3.8, 4) is 6.07 Å². The van der Waals surface area contributed by atoms with Crippen LogP contribution in [-0.4, -0.2) is 24.8 Å². The van der Waals surface area contributed by atoms with Crippen LogP contribution in [0.1, 0.15) is 38.3 Å². The van der Waals surface area contributed by atoms with E-state index in [1.807, 2.05) is 25.7 Å². The van der Waals surface area contributed by atoms with E-state index in [0.717, 1.165) is 6.07 Å². The molecule has 6 heteroatoms. The van der Waals surface area contributed by atoms with Crippen molar-refractivity contribution in [1.29, 1.82) is 5.26 Å². The number of rotatable bonds is 5. The van der Waals surface area contributed by atoms with Gasteiger partial charge in [0.1, 0.15) is 0 Å². The van der Waals surface area contributed by atoms with Gasteiger partial charge in [0.15, 0.2) is 0 Å². The molecule has 1 rings (SSSR count). The Morgan fingerprint density at radius 3 is 2.32 bits per heavy atom. The van der Waals surface area contributed by atoms with Gasteiger partial charge in [0.2, 0.25) is 0 Å². The fraction of sp³-hybridized carbons (Fsp3) is 0.562. The number of alkyl halides is 3. The fourth-order valence-electron chi connectivity index (χ4n) is 2.19. The van der Waals surface area contributed by atoms with Gasteiger partial charge >= 0.3 is 6.18 Å². The van der Waals surface area contributed by atoms with Crippen LogP contribution >= 0.6 is 0 Å². The normalized spacial score (nSPS) is 12.1. The Morgan fingerprint density at radius 2 is 1.86 bits per heavy atom. The molecule has 0 spiro atoms. The molecule has 0 atom stereocenters. The molecule has 122 valence electrons. The van der Waals surface area contributed by atoms with Crippen molar-refractivity contribution in [1.82, 2.24) is 0 Å². The van der Waals surface area contributed by atoms with E-state index >= 15 is 0 Å². The molecule has 0 aliphatic heterocycles. The fourth-order valence-corrected chi connectivity index (χ4v) is 2.19. The highest BCUT2D eigenvalue weighted by molar-refractivity contribution is 5.55. The predicted molar refractivity (Wildman–Crippen MR) is 79.5 cm³/mol. The first-order chi connectivity index (χ1) is 10.1. The first kappa shape index (κ1) is 18.3. The Morgan fingerprint density at radius 1 is 1.23 bits per heavy atom. The lowest BCUT2D eigenvalue weighted by atomic mass is 9.95. The molecule has 22 heavy (non-hydrogen) atoms. The van der Waals surface area contributed by atoms with Crippen molar-refractivity contribution in [3.63, 3.8) is 0 Å². The first-order valence-corrected chi connectivity index (χ1v) is 7.05. The second-order valence-electron chi connectivity index (χ2n) is 6.40. The Balaban J connectivity index is 3.22. The van der Waals surface area contributed by atoms with Gasteiger partial charge in [0.05, 0.1) is 17.2 Å². The van der Waals surface area contributed by atoms with E-state index < -0.39 is 11.7 Å². The van der Waals surface area contributed by atoms with Crippen molar-refractivity contribution >= 4 is 5.69 Å². The monoisotopic (exact) mass is 314 g/mol. The lowest BCUT2D eigenvalue weighted by molar-refractivity contribution is -0.137. The number of nitrogens with zero attached hydrogens (tertiary/aromatic N) is 2. The highest BCUT2D eigenvalue weighted by Gasteiger charge is 2.34. The molecule has 0 bridgehead atoms. The van der Waals surface area contributed by atoms with Crippen molar-refractivity contribution < 1.29 is 18.3 Å². The van der Waals surface area contributed by atoms with Gasteiger partial charge in [0, 0.05) is 25.4 Å². The number of aliphatic hydroxyl groups excluding tert-OH is 1. The summed E-state index contributed by atoms with van der Waals surface area (Å²) in [6.45, 7) is 6.96. The number of hydrogen-bond acceptors (Lipinski definition) is 3. The summed E-state index contributed by atoms with van der Waals surface area (Å²) in [5.41, 5.74) is -0.999. The molecule has 0 aliphatic carbocycles. The van der Waals surface area contributed by atoms with Gasteiger partial charge < -0.3 is 10.0 Å². The molecule has 1 aromatic carbocycles. The maximum Gasteiger partial charge on any atom is 0.417 e. The van der Waals surface area contributed by atoms with E-state index in [4.69, 9.17) is 10.4 Å². The Kier molecular flexibility index (Phi) is 5.84. The van der Waals surface area contributed by atoms with Gasteiger partial charge in [-0.05, 0) is 30.0 Å². The van der Waals surface area contributed by atoms with Crippen molar-refractivity contribution in [2.75, 3.05) is 24.6 Å². The Hall–Kier alpha value is -1.74. The number of aliphatic hydroxyl groups is 1. The second-order valence-corrected chi connectivity index (χ2v) is 6.40. The average molecular weight is 314 g/mol. The molecule has 0 unspecified atom stereocenters. The minimum atomic E-state index is -4.56. The minimum absolute atomic E-state index is 0.0248. The zero-order chi connectivity index (χ0) is 17.0. The van der Waals surface area contributed by atoms with E-state index in [-0.39, 0.29) is 17.6 Å². The molecule has 0 heterocycles. The molecule has 1 N–H and O–H groups in total. The van der Waals surface area contributed by atoms with Gasteiger partial charge in [-0.25, -0.2) is 0 Å².